The average molecular weight is 170 g/mol. The van der Waals surface area contributed by atoms with E-state index >= 15 is 0 Å². The van der Waals surface area contributed by atoms with Crippen molar-refractivity contribution in [3.63, 3.8) is 0 Å². The van der Waals surface area contributed by atoms with Crippen LogP contribution in [0.25, 0.3) is 0 Å². The second kappa shape index (κ2) is 3.83. The summed E-state index contributed by atoms with van der Waals surface area (Å²) < 4.78 is 0. The van der Waals surface area contributed by atoms with Gasteiger partial charge < -0.3 is 5.73 Å². The zero-order valence-electron chi connectivity index (χ0n) is 6.95. The minimum Gasteiger partial charge on any atom is -0.327 e. The molecule has 0 aliphatic carbocycles. The molecule has 62 valence electrons. The molecule has 1 rings (SSSR count). The van der Waals surface area contributed by atoms with Gasteiger partial charge in [-0.15, -0.1) is 11.3 Å². The molecular weight excluding hydrogens is 156 g/mol. The molecule has 1 aromatic rings. The Hall–Kier alpha value is -0.410. The summed E-state index contributed by atoms with van der Waals surface area (Å²) >= 11 is 1.68. The maximum atomic E-state index is 5.87. The third-order valence-electron chi connectivity index (χ3n) is 1.75. The highest BCUT2D eigenvalue weighted by Crippen LogP contribution is 2.10. The van der Waals surface area contributed by atoms with Gasteiger partial charge in [0.1, 0.15) is 0 Å². The molecule has 0 aliphatic heterocycles. The van der Waals surface area contributed by atoms with Gasteiger partial charge in [0.25, 0.3) is 0 Å². The molecule has 0 amide bonds. The number of thiazole rings is 1. The van der Waals surface area contributed by atoms with Gasteiger partial charge in [0.2, 0.25) is 0 Å². The van der Waals surface area contributed by atoms with Crippen molar-refractivity contribution in [2.45, 2.75) is 26.3 Å². The lowest BCUT2D eigenvalue weighted by Gasteiger charge is -2.12. The maximum absolute atomic E-state index is 5.87. The molecule has 0 aromatic carbocycles. The Kier molecular flexibility index (Phi) is 3.02. The molecule has 0 saturated carbocycles. The standard InChI is InChI=1S/C8H14N2S/c1-6(2)7(9)5-8-10-3-4-11-8/h3-4,6-7H,5,9H2,1-2H3/t7-/m1/s1. The van der Waals surface area contributed by atoms with Gasteiger partial charge in [0.15, 0.2) is 0 Å². The monoisotopic (exact) mass is 170 g/mol. The van der Waals surface area contributed by atoms with E-state index in [1.807, 2.05) is 11.6 Å². The van der Waals surface area contributed by atoms with Gasteiger partial charge in [-0.1, -0.05) is 13.8 Å². The summed E-state index contributed by atoms with van der Waals surface area (Å²) in [5.41, 5.74) is 5.87. The van der Waals surface area contributed by atoms with Crippen LogP contribution >= 0.6 is 11.3 Å². The van der Waals surface area contributed by atoms with Gasteiger partial charge in [-0.2, -0.15) is 0 Å². The Morgan fingerprint density at radius 1 is 1.64 bits per heavy atom. The molecule has 0 spiro atoms. The fourth-order valence-electron chi connectivity index (χ4n) is 0.791. The van der Waals surface area contributed by atoms with Gasteiger partial charge >= 0.3 is 0 Å². The Labute approximate surface area is 71.5 Å². The second-order valence-electron chi connectivity index (χ2n) is 3.04. The highest BCUT2D eigenvalue weighted by Gasteiger charge is 2.09. The molecule has 1 aromatic heterocycles. The first kappa shape index (κ1) is 8.68. The van der Waals surface area contributed by atoms with E-state index in [1.54, 1.807) is 11.3 Å². The zero-order valence-corrected chi connectivity index (χ0v) is 7.77. The molecule has 0 radical (unpaired) electrons. The third kappa shape index (κ3) is 2.60. The van der Waals surface area contributed by atoms with Crippen LogP contribution in [0.4, 0.5) is 0 Å². The summed E-state index contributed by atoms with van der Waals surface area (Å²) in [5, 5.41) is 3.13. The minimum absolute atomic E-state index is 0.251. The van der Waals surface area contributed by atoms with Crippen LogP contribution in [0.3, 0.4) is 0 Å². The molecule has 0 aliphatic rings. The van der Waals surface area contributed by atoms with Crippen LogP contribution in [0, 0.1) is 5.92 Å². The van der Waals surface area contributed by atoms with Crippen LogP contribution in [0.15, 0.2) is 11.6 Å². The summed E-state index contributed by atoms with van der Waals surface area (Å²) in [5.74, 6) is 0.541. The zero-order chi connectivity index (χ0) is 8.27. The molecule has 1 heterocycles. The molecule has 0 saturated heterocycles. The van der Waals surface area contributed by atoms with Crippen LogP contribution in [0.5, 0.6) is 0 Å². The predicted octanol–water partition coefficient (Wildman–Crippen LogP) is 1.67. The number of nitrogens with zero attached hydrogens (tertiary/aromatic N) is 1. The molecule has 11 heavy (non-hydrogen) atoms. The summed E-state index contributed by atoms with van der Waals surface area (Å²) in [7, 11) is 0. The van der Waals surface area contributed by atoms with Crippen LogP contribution < -0.4 is 5.73 Å². The van der Waals surface area contributed by atoms with Crippen molar-refractivity contribution in [2.24, 2.45) is 11.7 Å². The lowest BCUT2D eigenvalue weighted by atomic mass is 10.0. The Bertz CT molecular complexity index is 194. The molecule has 2 N–H and O–H groups in total. The third-order valence-corrected chi connectivity index (χ3v) is 2.55. The highest BCUT2D eigenvalue weighted by atomic mass is 32.1. The summed E-state index contributed by atoms with van der Waals surface area (Å²) in [6, 6.07) is 0.251. The maximum Gasteiger partial charge on any atom is 0.0940 e. The van der Waals surface area contributed by atoms with Crippen molar-refractivity contribution in [3.05, 3.63) is 16.6 Å². The molecule has 0 unspecified atom stereocenters. The summed E-state index contributed by atoms with van der Waals surface area (Å²) in [4.78, 5) is 4.18. The van der Waals surface area contributed by atoms with Crippen LogP contribution in [0.1, 0.15) is 18.9 Å². The topological polar surface area (TPSA) is 38.9 Å². The SMILES string of the molecule is CC(C)[C@H](N)Cc1nccs1. The quantitative estimate of drug-likeness (QED) is 0.749. The molecule has 1 atom stereocenters. The number of rotatable bonds is 3. The molecule has 2 nitrogen and oxygen atoms in total. The lowest BCUT2D eigenvalue weighted by Crippen LogP contribution is -2.28. The lowest BCUT2D eigenvalue weighted by molar-refractivity contribution is 0.490. The molecule has 3 heteroatoms. The van der Waals surface area contributed by atoms with Gasteiger partial charge in [-0.25, -0.2) is 4.98 Å². The smallest absolute Gasteiger partial charge is 0.0940 e. The number of nitrogens with two attached hydrogens (primary N) is 1. The number of hydrogen-bond acceptors (Lipinski definition) is 3. The van der Waals surface area contributed by atoms with E-state index in [2.05, 4.69) is 18.8 Å². The average Bonchev–Trinajstić information content (AvgIpc) is 2.39. The van der Waals surface area contributed by atoms with Crippen LogP contribution in [-0.2, 0) is 6.42 Å². The molecule has 0 bridgehead atoms. The van der Waals surface area contributed by atoms with Crippen molar-refractivity contribution in [3.8, 4) is 0 Å². The van der Waals surface area contributed by atoms with Crippen molar-refractivity contribution in [2.75, 3.05) is 0 Å². The fraction of sp³-hybridized carbons (Fsp3) is 0.625. The first-order chi connectivity index (χ1) is 5.20. The van der Waals surface area contributed by atoms with Crippen molar-refractivity contribution in [1.29, 1.82) is 0 Å². The predicted molar refractivity (Wildman–Crippen MR) is 48.6 cm³/mol. The van der Waals surface area contributed by atoms with E-state index < -0.39 is 0 Å². The highest BCUT2D eigenvalue weighted by molar-refractivity contribution is 7.09. The summed E-state index contributed by atoms with van der Waals surface area (Å²) in [6.07, 6.45) is 2.74. The first-order valence-electron chi connectivity index (χ1n) is 3.84. The largest absolute Gasteiger partial charge is 0.327 e. The second-order valence-corrected chi connectivity index (χ2v) is 4.02. The Balaban J connectivity index is 2.43. The Morgan fingerprint density at radius 3 is 2.82 bits per heavy atom. The Morgan fingerprint density at radius 2 is 2.36 bits per heavy atom. The molecular formula is C8H14N2S. The minimum atomic E-state index is 0.251. The van der Waals surface area contributed by atoms with Crippen molar-refractivity contribution < 1.29 is 0 Å². The van der Waals surface area contributed by atoms with Crippen molar-refractivity contribution >= 4 is 11.3 Å². The van der Waals surface area contributed by atoms with Gasteiger partial charge in [-0.3, -0.25) is 0 Å². The van der Waals surface area contributed by atoms with Crippen LogP contribution in [-0.4, -0.2) is 11.0 Å². The van der Waals surface area contributed by atoms with Gasteiger partial charge in [0.05, 0.1) is 5.01 Å². The van der Waals surface area contributed by atoms with Crippen molar-refractivity contribution in [1.82, 2.24) is 4.98 Å². The van der Waals surface area contributed by atoms with E-state index in [4.69, 9.17) is 5.73 Å². The van der Waals surface area contributed by atoms with E-state index in [9.17, 15) is 0 Å². The van der Waals surface area contributed by atoms with E-state index in [0.29, 0.717) is 5.92 Å². The molecule has 0 fully saturated rings. The van der Waals surface area contributed by atoms with Gasteiger partial charge in [0, 0.05) is 24.0 Å². The normalized spacial score (nSPS) is 13.8. The first-order valence-corrected chi connectivity index (χ1v) is 4.72. The number of hydrogen-bond donors (Lipinski definition) is 1. The number of aromatic nitrogens is 1. The van der Waals surface area contributed by atoms with E-state index in [0.717, 1.165) is 11.4 Å². The summed E-state index contributed by atoms with van der Waals surface area (Å²) in [6.45, 7) is 4.27. The van der Waals surface area contributed by atoms with E-state index in [-0.39, 0.29) is 6.04 Å². The fourth-order valence-corrected chi connectivity index (χ4v) is 1.48. The van der Waals surface area contributed by atoms with Gasteiger partial charge in [-0.05, 0) is 5.92 Å². The van der Waals surface area contributed by atoms with Crippen LogP contribution in [0.2, 0.25) is 0 Å². The van der Waals surface area contributed by atoms with E-state index in [1.165, 1.54) is 0 Å².